The quantitative estimate of drug-likeness (QED) is 0.701. The molecule has 1 aromatic rings. The van der Waals surface area contributed by atoms with Gasteiger partial charge in [0.05, 0.1) is 4.99 Å². The molecule has 2 rings (SSSR count). The normalized spacial score (nSPS) is 23.6. The van der Waals surface area contributed by atoms with Crippen molar-refractivity contribution in [2.45, 2.75) is 5.37 Å². The zero-order chi connectivity index (χ0) is 7.68. The molecule has 4 heteroatoms. The minimum Gasteiger partial charge on any atom is -0.363 e. The average molecular weight is 201 g/mol. The maximum Gasteiger partial charge on any atom is 0.108 e. The zero-order valence-corrected chi connectivity index (χ0v) is 8.19. The summed E-state index contributed by atoms with van der Waals surface area (Å²) in [6.07, 6.45) is 0. The summed E-state index contributed by atoms with van der Waals surface area (Å²) in [4.78, 5) is 2.35. The van der Waals surface area contributed by atoms with Crippen LogP contribution in [0.4, 0.5) is 0 Å². The summed E-state index contributed by atoms with van der Waals surface area (Å²) >= 11 is 8.69. The molecule has 1 saturated heterocycles. The molecule has 0 amide bonds. The SMILES string of the molecule is S=C1CSC(c2cccs2)N1. The van der Waals surface area contributed by atoms with E-state index in [1.54, 1.807) is 11.3 Å². The molecule has 1 aromatic heterocycles. The van der Waals surface area contributed by atoms with E-state index in [9.17, 15) is 0 Å². The summed E-state index contributed by atoms with van der Waals surface area (Å²) in [7, 11) is 0. The van der Waals surface area contributed by atoms with E-state index in [2.05, 4.69) is 22.8 Å². The first kappa shape index (κ1) is 7.58. The summed E-state index contributed by atoms with van der Waals surface area (Å²) < 4.78 is 0. The topological polar surface area (TPSA) is 12.0 Å². The predicted molar refractivity (Wildman–Crippen MR) is 55.3 cm³/mol. The molecule has 0 saturated carbocycles. The van der Waals surface area contributed by atoms with Gasteiger partial charge in [0.2, 0.25) is 0 Å². The maximum atomic E-state index is 5.04. The van der Waals surface area contributed by atoms with Gasteiger partial charge in [0.25, 0.3) is 0 Å². The lowest BCUT2D eigenvalue weighted by Crippen LogP contribution is -2.16. The van der Waals surface area contributed by atoms with Crippen molar-refractivity contribution in [2.24, 2.45) is 0 Å². The first-order chi connectivity index (χ1) is 5.36. The fourth-order valence-electron chi connectivity index (χ4n) is 0.982. The molecule has 0 aliphatic carbocycles. The van der Waals surface area contributed by atoms with Gasteiger partial charge in [-0.2, -0.15) is 0 Å². The summed E-state index contributed by atoms with van der Waals surface area (Å²) in [5.41, 5.74) is 0. The third kappa shape index (κ3) is 1.58. The Hall–Kier alpha value is -0.0600. The van der Waals surface area contributed by atoms with Crippen molar-refractivity contribution in [1.29, 1.82) is 0 Å². The molecule has 2 heterocycles. The summed E-state index contributed by atoms with van der Waals surface area (Å²) in [5, 5.41) is 5.78. The molecule has 0 spiro atoms. The lowest BCUT2D eigenvalue weighted by molar-refractivity contribution is 0.940. The van der Waals surface area contributed by atoms with Crippen LogP contribution in [0.15, 0.2) is 17.5 Å². The highest BCUT2D eigenvalue weighted by Gasteiger charge is 2.20. The molecular weight excluding hydrogens is 194 g/mol. The predicted octanol–water partition coefficient (Wildman–Crippen LogP) is 2.41. The minimum absolute atomic E-state index is 0.419. The highest BCUT2D eigenvalue weighted by Crippen LogP contribution is 2.33. The number of nitrogens with one attached hydrogen (secondary N) is 1. The second-order valence-corrected chi connectivity index (χ2v) is 4.84. The molecule has 58 valence electrons. The first-order valence-electron chi connectivity index (χ1n) is 3.30. The molecule has 1 aliphatic rings. The number of thiophene rings is 1. The Balaban J connectivity index is 2.13. The van der Waals surface area contributed by atoms with E-state index < -0.39 is 0 Å². The second-order valence-electron chi connectivity index (χ2n) is 2.27. The molecule has 0 radical (unpaired) electrons. The molecule has 0 aromatic carbocycles. The molecule has 11 heavy (non-hydrogen) atoms. The molecule has 1 unspecified atom stereocenters. The number of hydrogen-bond acceptors (Lipinski definition) is 3. The van der Waals surface area contributed by atoms with E-state index in [0.717, 1.165) is 10.7 Å². The van der Waals surface area contributed by atoms with E-state index in [1.165, 1.54) is 4.88 Å². The maximum absolute atomic E-state index is 5.04. The number of thiocarbonyl (C=S) groups is 1. The van der Waals surface area contributed by atoms with Crippen LogP contribution >= 0.6 is 35.3 Å². The molecule has 1 atom stereocenters. The van der Waals surface area contributed by atoms with Crippen LogP contribution in [0.25, 0.3) is 0 Å². The smallest absolute Gasteiger partial charge is 0.108 e. The molecular formula is C7H7NS3. The highest BCUT2D eigenvalue weighted by molar-refractivity contribution is 8.02. The van der Waals surface area contributed by atoms with Gasteiger partial charge in [-0.05, 0) is 11.4 Å². The van der Waals surface area contributed by atoms with Crippen molar-refractivity contribution in [2.75, 3.05) is 5.75 Å². The van der Waals surface area contributed by atoms with Crippen LogP contribution in [0, 0.1) is 0 Å². The van der Waals surface area contributed by atoms with Gasteiger partial charge in [-0.1, -0.05) is 18.3 Å². The lowest BCUT2D eigenvalue weighted by atomic mass is 10.4. The molecule has 1 nitrogen and oxygen atoms in total. The number of thioether (sulfide) groups is 1. The van der Waals surface area contributed by atoms with Gasteiger partial charge in [0.15, 0.2) is 0 Å². The van der Waals surface area contributed by atoms with Crippen molar-refractivity contribution < 1.29 is 0 Å². The van der Waals surface area contributed by atoms with Crippen molar-refractivity contribution >= 4 is 40.3 Å². The zero-order valence-electron chi connectivity index (χ0n) is 5.74. The number of hydrogen-bond donors (Lipinski definition) is 1. The standard InChI is InChI=1S/C7H7NS3/c9-6-4-11-7(8-6)5-2-1-3-10-5/h1-3,7H,4H2,(H,8,9). The van der Waals surface area contributed by atoms with E-state index in [-0.39, 0.29) is 0 Å². The van der Waals surface area contributed by atoms with Gasteiger partial charge in [-0.25, -0.2) is 0 Å². The summed E-state index contributed by atoms with van der Waals surface area (Å²) in [6.45, 7) is 0. The Bertz CT molecular complexity index is 255. The molecule has 1 fully saturated rings. The fraction of sp³-hybridized carbons (Fsp3) is 0.286. The van der Waals surface area contributed by atoms with Crippen LogP contribution in [0.2, 0.25) is 0 Å². The van der Waals surface area contributed by atoms with Gasteiger partial charge in [-0.3, -0.25) is 0 Å². The van der Waals surface area contributed by atoms with Gasteiger partial charge in [0, 0.05) is 10.6 Å². The van der Waals surface area contributed by atoms with Gasteiger partial charge < -0.3 is 5.32 Å². The van der Waals surface area contributed by atoms with Gasteiger partial charge >= 0.3 is 0 Å². The van der Waals surface area contributed by atoms with Gasteiger partial charge in [0.1, 0.15) is 5.37 Å². The largest absolute Gasteiger partial charge is 0.363 e. The van der Waals surface area contributed by atoms with Crippen LogP contribution in [0.1, 0.15) is 10.3 Å². The highest BCUT2D eigenvalue weighted by atomic mass is 32.2. The van der Waals surface area contributed by atoms with Gasteiger partial charge in [-0.15, -0.1) is 23.1 Å². The van der Waals surface area contributed by atoms with Crippen molar-refractivity contribution in [3.8, 4) is 0 Å². The Morgan fingerprint density at radius 1 is 1.64 bits per heavy atom. The van der Waals surface area contributed by atoms with E-state index in [0.29, 0.717) is 5.37 Å². The number of rotatable bonds is 1. The first-order valence-corrected chi connectivity index (χ1v) is 5.64. The Labute approximate surface area is 79.2 Å². The van der Waals surface area contributed by atoms with E-state index in [4.69, 9.17) is 12.2 Å². The monoisotopic (exact) mass is 201 g/mol. The van der Waals surface area contributed by atoms with E-state index >= 15 is 0 Å². The average Bonchev–Trinajstić information content (AvgIpc) is 2.55. The van der Waals surface area contributed by atoms with E-state index in [1.807, 2.05) is 11.8 Å². The fourth-order valence-corrected chi connectivity index (χ4v) is 3.27. The van der Waals surface area contributed by atoms with Crippen molar-refractivity contribution in [3.05, 3.63) is 22.4 Å². The van der Waals surface area contributed by atoms with Crippen LogP contribution in [-0.2, 0) is 0 Å². The van der Waals surface area contributed by atoms with Crippen molar-refractivity contribution in [1.82, 2.24) is 5.32 Å². The van der Waals surface area contributed by atoms with Crippen LogP contribution in [0.5, 0.6) is 0 Å². The molecule has 1 aliphatic heterocycles. The molecule has 0 bridgehead atoms. The Kier molecular flexibility index (Phi) is 2.16. The van der Waals surface area contributed by atoms with Crippen molar-refractivity contribution in [3.63, 3.8) is 0 Å². The Morgan fingerprint density at radius 3 is 3.09 bits per heavy atom. The van der Waals surface area contributed by atoms with Crippen LogP contribution < -0.4 is 5.32 Å². The second kappa shape index (κ2) is 3.13. The van der Waals surface area contributed by atoms with Crippen LogP contribution in [0.3, 0.4) is 0 Å². The summed E-state index contributed by atoms with van der Waals surface area (Å²) in [5.74, 6) is 0.970. The third-order valence-corrected chi connectivity index (χ3v) is 4.17. The minimum atomic E-state index is 0.419. The summed E-state index contributed by atoms with van der Waals surface area (Å²) in [6, 6.07) is 4.22. The van der Waals surface area contributed by atoms with Crippen LogP contribution in [-0.4, -0.2) is 10.7 Å². The lowest BCUT2D eigenvalue weighted by Gasteiger charge is -2.05. The Morgan fingerprint density at radius 2 is 2.55 bits per heavy atom. The third-order valence-electron chi connectivity index (χ3n) is 1.47. The molecule has 1 N–H and O–H groups in total.